The number of nitrogens with two attached hydrogens (primary N) is 1. The zero-order chi connectivity index (χ0) is 19.5. The molecule has 0 bridgehead atoms. The Labute approximate surface area is 168 Å². The Morgan fingerprint density at radius 3 is 2.68 bits per heavy atom. The van der Waals surface area contributed by atoms with Crippen molar-refractivity contribution < 1.29 is 0 Å². The van der Waals surface area contributed by atoms with Crippen LogP contribution in [-0.4, -0.2) is 26.3 Å². The fourth-order valence-corrected chi connectivity index (χ4v) is 4.37. The average Bonchev–Trinajstić information content (AvgIpc) is 3.30. The molecule has 0 saturated heterocycles. The quantitative estimate of drug-likeness (QED) is 0.499. The van der Waals surface area contributed by atoms with Gasteiger partial charge < -0.3 is 11.1 Å². The van der Waals surface area contributed by atoms with Gasteiger partial charge in [-0.1, -0.05) is 30.3 Å². The third-order valence-corrected chi connectivity index (χ3v) is 5.99. The monoisotopic (exact) mass is 392 g/mol. The van der Waals surface area contributed by atoms with Gasteiger partial charge in [-0.15, -0.1) is 11.3 Å². The predicted molar refractivity (Wildman–Crippen MR) is 115 cm³/mol. The number of aromatic nitrogens is 4. The first-order valence-electron chi connectivity index (χ1n) is 9.41. The molecule has 0 aliphatic rings. The predicted octanol–water partition coefficient (Wildman–Crippen LogP) is 3.86. The smallest absolute Gasteiger partial charge is 0.139 e. The van der Waals surface area contributed by atoms with E-state index in [1.165, 1.54) is 16.0 Å². The summed E-state index contributed by atoms with van der Waals surface area (Å²) in [5.41, 5.74) is 8.18. The highest BCUT2D eigenvalue weighted by Gasteiger charge is 2.19. The number of fused-ring (bicyclic) bond motifs is 1. The lowest BCUT2D eigenvalue weighted by atomic mass is 10.1. The van der Waals surface area contributed by atoms with E-state index in [2.05, 4.69) is 48.5 Å². The molecular weight excluding hydrogens is 368 g/mol. The Morgan fingerprint density at radius 1 is 1.14 bits per heavy atom. The Bertz CT molecular complexity index is 1060. The van der Waals surface area contributed by atoms with E-state index in [1.54, 1.807) is 17.5 Å². The standard InChI is InChI=1S/C21H24N6S/c1-14-15(2)28-21-19(14)20(25-18(26-21)9-10-22)24-17(13-27-12-6-11-23-27)16-7-4-3-5-8-16/h3-8,11-12,17H,9-10,13,22H2,1-2H3,(H,24,25,26). The van der Waals surface area contributed by atoms with Crippen molar-refractivity contribution in [3.8, 4) is 0 Å². The number of thiophene rings is 1. The van der Waals surface area contributed by atoms with Gasteiger partial charge in [0, 0.05) is 23.7 Å². The summed E-state index contributed by atoms with van der Waals surface area (Å²) in [4.78, 5) is 11.8. The minimum absolute atomic E-state index is 0.0320. The Kier molecular flexibility index (Phi) is 5.36. The molecule has 4 rings (SSSR count). The van der Waals surface area contributed by atoms with E-state index < -0.39 is 0 Å². The SMILES string of the molecule is Cc1sc2nc(CCN)nc(NC(Cn3cccn3)c3ccccc3)c2c1C. The molecule has 1 aromatic carbocycles. The van der Waals surface area contributed by atoms with Gasteiger partial charge in [-0.3, -0.25) is 4.68 Å². The third-order valence-electron chi connectivity index (χ3n) is 4.88. The van der Waals surface area contributed by atoms with Crippen molar-refractivity contribution in [2.75, 3.05) is 11.9 Å². The molecule has 144 valence electrons. The fraction of sp³-hybridized carbons (Fsp3) is 0.286. The van der Waals surface area contributed by atoms with Crippen LogP contribution in [0.1, 0.15) is 27.9 Å². The molecule has 1 unspecified atom stereocenters. The summed E-state index contributed by atoms with van der Waals surface area (Å²) in [6, 6.07) is 12.4. The normalized spacial score (nSPS) is 12.4. The molecule has 7 heteroatoms. The van der Waals surface area contributed by atoms with Gasteiger partial charge in [-0.25, -0.2) is 9.97 Å². The van der Waals surface area contributed by atoms with Crippen molar-refractivity contribution in [1.29, 1.82) is 0 Å². The summed E-state index contributed by atoms with van der Waals surface area (Å²) in [6.07, 6.45) is 4.44. The van der Waals surface area contributed by atoms with Crippen LogP contribution < -0.4 is 11.1 Å². The second kappa shape index (κ2) is 8.08. The van der Waals surface area contributed by atoms with Crippen molar-refractivity contribution in [2.45, 2.75) is 32.9 Å². The lowest BCUT2D eigenvalue weighted by molar-refractivity contribution is 0.550. The minimum Gasteiger partial charge on any atom is -0.361 e. The molecule has 0 radical (unpaired) electrons. The molecule has 0 fully saturated rings. The number of aryl methyl sites for hydroxylation is 2. The maximum Gasteiger partial charge on any atom is 0.139 e. The number of hydrogen-bond donors (Lipinski definition) is 2. The van der Waals surface area contributed by atoms with Crippen molar-refractivity contribution >= 4 is 27.4 Å². The van der Waals surface area contributed by atoms with E-state index in [-0.39, 0.29) is 6.04 Å². The van der Waals surface area contributed by atoms with E-state index in [9.17, 15) is 0 Å². The topological polar surface area (TPSA) is 81.6 Å². The van der Waals surface area contributed by atoms with Crippen molar-refractivity contribution in [1.82, 2.24) is 19.7 Å². The fourth-order valence-electron chi connectivity index (χ4n) is 3.32. The summed E-state index contributed by atoms with van der Waals surface area (Å²) in [7, 11) is 0. The van der Waals surface area contributed by atoms with Crippen molar-refractivity contribution in [2.24, 2.45) is 5.73 Å². The largest absolute Gasteiger partial charge is 0.361 e. The molecular formula is C21H24N6S. The molecule has 3 aromatic heterocycles. The van der Waals surface area contributed by atoms with Crippen LogP contribution in [0.4, 0.5) is 5.82 Å². The van der Waals surface area contributed by atoms with E-state index >= 15 is 0 Å². The molecule has 0 saturated carbocycles. The van der Waals surface area contributed by atoms with Crippen LogP contribution in [0.15, 0.2) is 48.8 Å². The first kappa shape index (κ1) is 18.6. The van der Waals surface area contributed by atoms with Gasteiger partial charge in [-0.2, -0.15) is 5.10 Å². The highest BCUT2D eigenvalue weighted by Crippen LogP contribution is 2.35. The van der Waals surface area contributed by atoms with Gasteiger partial charge in [-0.05, 0) is 37.6 Å². The summed E-state index contributed by atoms with van der Waals surface area (Å²) in [6.45, 7) is 5.50. The molecule has 6 nitrogen and oxygen atoms in total. The molecule has 0 aliphatic carbocycles. The van der Waals surface area contributed by atoms with Gasteiger partial charge in [0.25, 0.3) is 0 Å². The molecule has 0 amide bonds. The lowest BCUT2D eigenvalue weighted by Crippen LogP contribution is -2.19. The first-order valence-corrected chi connectivity index (χ1v) is 10.2. The minimum atomic E-state index is 0.0320. The number of hydrogen-bond acceptors (Lipinski definition) is 6. The Morgan fingerprint density at radius 2 is 1.96 bits per heavy atom. The number of benzene rings is 1. The van der Waals surface area contributed by atoms with Gasteiger partial charge in [0.1, 0.15) is 16.5 Å². The maximum absolute atomic E-state index is 5.76. The highest BCUT2D eigenvalue weighted by molar-refractivity contribution is 7.18. The number of anilines is 1. The summed E-state index contributed by atoms with van der Waals surface area (Å²) in [5, 5.41) is 9.17. The maximum atomic E-state index is 5.76. The number of rotatable bonds is 7. The van der Waals surface area contributed by atoms with E-state index in [0.717, 1.165) is 21.9 Å². The molecule has 0 spiro atoms. The van der Waals surface area contributed by atoms with Crippen LogP contribution in [0.5, 0.6) is 0 Å². The molecule has 3 heterocycles. The van der Waals surface area contributed by atoms with Gasteiger partial charge >= 0.3 is 0 Å². The average molecular weight is 393 g/mol. The molecule has 4 aromatic rings. The van der Waals surface area contributed by atoms with E-state index in [0.29, 0.717) is 19.5 Å². The third kappa shape index (κ3) is 3.76. The van der Waals surface area contributed by atoms with E-state index in [1.807, 2.05) is 23.0 Å². The van der Waals surface area contributed by atoms with Gasteiger partial charge in [0.15, 0.2) is 0 Å². The second-order valence-electron chi connectivity index (χ2n) is 6.83. The molecule has 3 N–H and O–H groups in total. The van der Waals surface area contributed by atoms with Crippen LogP contribution >= 0.6 is 11.3 Å². The second-order valence-corrected chi connectivity index (χ2v) is 8.03. The zero-order valence-corrected chi connectivity index (χ0v) is 16.9. The van der Waals surface area contributed by atoms with Gasteiger partial charge in [0.2, 0.25) is 0 Å². The van der Waals surface area contributed by atoms with E-state index in [4.69, 9.17) is 15.7 Å². The first-order chi connectivity index (χ1) is 13.7. The van der Waals surface area contributed by atoms with Crippen molar-refractivity contribution in [3.05, 3.63) is 70.6 Å². The molecule has 1 atom stereocenters. The van der Waals surface area contributed by atoms with Crippen LogP contribution in [-0.2, 0) is 13.0 Å². The summed E-state index contributed by atoms with van der Waals surface area (Å²) < 4.78 is 1.94. The van der Waals surface area contributed by atoms with Crippen LogP contribution in [0.3, 0.4) is 0 Å². The molecule has 28 heavy (non-hydrogen) atoms. The number of nitrogens with one attached hydrogen (secondary N) is 1. The van der Waals surface area contributed by atoms with Crippen LogP contribution in [0.25, 0.3) is 10.2 Å². The highest BCUT2D eigenvalue weighted by atomic mass is 32.1. The lowest BCUT2D eigenvalue weighted by Gasteiger charge is -2.21. The molecule has 0 aliphatic heterocycles. The Hall–Kier alpha value is -2.77. The number of nitrogens with zero attached hydrogens (tertiary/aromatic N) is 4. The van der Waals surface area contributed by atoms with Crippen LogP contribution in [0, 0.1) is 13.8 Å². The Balaban J connectivity index is 1.78. The summed E-state index contributed by atoms with van der Waals surface area (Å²) >= 11 is 1.71. The summed E-state index contributed by atoms with van der Waals surface area (Å²) in [5.74, 6) is 1.65. The van der Waals surface area contributed by atoms with Crippen LogP contribution in [0.2, 0.25) is 0 Å². The zero-order valence-electron chi connectivity index (χ0n) is 16.1. The van der Waals surface area contributed by atoms with Crippen molar-refractivity contribution in [3.63, 3.8) is 0 Å². The van der Waals surface area contributed by atoms with Gasteiger partial charge in [0.05, 0.1) is 18.0 Å².